The summed E-state index contributed by atoms with van der Waals surface area (Å²) in [4.78, 5) is 16.9. The molecule has 1 amide bonds. The maximum atomic E-state index is 12.6. The first kappa shape index (κ1) is 16.5. The van der Waals surface area contributed by atoms with Crippen molar-refractivity contribution in [1.29, 1.82) is 0 Å². The van der Waals surface area contributed by atoms with Gasteiger partial charge in [-0.25, -0.2) is 9.50 Å². The van der Waals surface area contributed by atoms with Crippen molar-refractivity contribution in [3.8, 4) is 0 Å². The van der Waals surface area contributed by atoms with Gasteiger partial charge in [0.25, 0.3) is 5.91 Å². The lowest BCUT2D eigenvalue weighted by molar-refractivity contribution is 0.102. The first-order chi connectivity index (χ1) is 12.6. The Morgan fingerprint density at radius 2 is 2.12 bits per heavy atom. The van der Waals surface area contributed by atoms with Crippen LogP contribution in [0, 0.1) is 0 Å². The van der Waals surface area contributed by atoms with Crippen LogP contribution in [0.1, 0.15) is 36.2 Å². The monoisotopic (exact) mass is 354 g/mol. The van der Waals surface area contributed by atoms with Crippen molar-refractivity contribution in [2.24, 2.45) is 12.8 Å². The van der Waals surface area contributed by atoms with Crippen molar-refractivity contribution < 1.29 is 4.79 Å². The summed E-state index contributed by atoms with van der Waals surface area (Å²) < 4.78 is 3.22. The molecule has 1 fully saturated rings. The van der Waals surface area contributed by atoms with Crippen LogP contribution in [0.25, 0.3) is 5.52 Å². The number of hydrogen-bond donors (Lipinski definition) is 3. The van der Waals surface area contributed by atoms with Crippen LogP contribution in [0.3, 0.4) is 0 Å². The molecule has 1 saturated carbocycles. The molecule has 4 rings (SSSR count). The van der Waals surface area contributed by atoms with Crippen LogP contribution in [-0.2, 0) is 7.05 Å². The minimum absolute atomic E-state index is 0.0982. The van der Waals surface area contributed by atoms with E-state index in [2.05, 4.69) is 25.8 Å². The highest BCUT2D eigenvalue weighted by molar-refractivity contribution is 6.03. The molecule has 9 heteroatoms. The van der Waals surface area contributed by atoms with E-state index in [4.69, 9.17) is 5.73 Å². The van der Waals surface area contributed by atoms with E-state index in [9.17, 15) is 4.79 Å². The number of nitrogens with zero attached hydrogens (tertiary/aromatic N) is 5. The third-order valence-corrected chi connectivity index (χ3v) is 4.73. The number of carbonyl (C=O) groups is 1. The second kappa shape index (κ2) is 6.75. The topological polar surface area (TPSA) is 115 Å². The highest BCUT2D eigenvalue weighted by Crippen LogP contribution is 2.20. The molecule has 1 aliphatic rings. The van der Waals surface area contributed by atoms with E-state index in [1.807, 2.05) is 6.07 Å². The number of amides is 1. The molecule has 26 heavy (non-hydrogen) atoms. The third kappa shape index (κ3) is 3.25. The fraction of sp³-hybridized carbons (Fsp3) is 0.412. The minimum atomic E-state index is -0.253. The van der Waals surface area contributed by atoms with Gasteiger partial charge >= 0.3 is 0 Å². The van der Waals surface area contributed by atoms with Gasteiger partial charge in [-0.2, -0.15) is 5.10 Å². The highest BCUT2D eigenvalue weighted by Gasteiger charge is 2.22. The van der Waals surface area contributed by atoms with E-state index in [-0.39, 0.29) is 18.0 Å². The molecule has 3 heterocycles. The van der Waals surface area contributed by atoms with E-state index in [1.165, 1.54) is 0 Å². The fourth-order valence-corrected chi connectivity index (χ4v) is 3.33. The molecule has 0 aromatic carbocycles. The van der Waals surface area contributed by atoms with Crippen molar-refractivity contribution in [2.45, 2.75) is 37.8 Å². The molecule has 3 aromatic rings. The van der Waals surface area contributed by atoms with Crippen LogP contribution >= 0.6 is 0 Å². The number of nitrogens with two attached hydrogens (primary N) is 1. The summed E-state index contributed by atoms with van der Waals surface area (Å²) in [5.41, 5.74) is 8.00. The largest absolute Gasteiger partial charge is 0.349 e. The van der Waals surface area contributed by atoms with Crippen LogP contribution < -0.4 is 16.4 Å². The van der Waals surface area contributed by atoms with Gasteiger partial charge in [-0.05, 0) is 25.0 Å². The molecule has 1 aliphatic carbocycles. The standard InChI is InChI=1S/C17H22N8O/c1-24-10-11(8-20-24)21-16(26)15-7-6-12-9-19-17(23-25(12)15)22-14-5-3-2-4-13(14)18/h6-10,13-14H,2-5,18H2,1H3,(H,21,26)(H,22,23)/t13-,14+/m0/s1. The molecule has 0 radical (unpaired) electrons. The molecule has 0 unspecified atom stereocenters. The van der Waals surface area contributed by atoms with Crippen LogP contribution in [0.2, 0.25) is 0 Å². The van der Waals surface area contributed by atoms with Gasteiger partial charge < -0.3 is 16.4 Å². The number of nitrogens with one attached hydrogen (secondary N) is 2. The highest BCUT2D eigenvalue weighted by atomic mass is 16.2. The van der Waals surface area contributed by atoms with Crippen LogP contribution in [0.4, 0.5) is 11.6 Å². The van der Waals surface area contributed by atoms with Crippen LogP contribution in [-0.4, -0.2) is 42.4 Å². The number of aryl methyl sites for hydroxylation is 1. The van der Waals surface area contributed by atoms with Crippen molar-refractivity contribution >= 4 is 23.1 Å². The summed E-state index contributed by atoms with van der Waals surface area (Å²) in [6.45, 7) is 0. The third-order valence-electron chi connectivity index (χ3n) is 4.73. The Bertz CT molecular complexity index is 930. The Kier molecular flexibility index (Phi) is 4.29. The Morgan fingerprint density at radius 1 is 1.27 bits per heavy atom. The second-order valence-corrected chi connectivity index (χ2v) is 6.69. The second-order valence-electron chi connectivity index (χ2n) is 6.69. The molecule has 0 saturated heterocycles. The van der Waals surface area contributed by atoms with Crippen molar-refractivity contribution in [3.05, 3.63) is 36.4 Å². The Labute approximate surface area is 150 Å². The van der Waals surface area contributed by atoms with E-state index in [1.54, 1.807) is 40.9 Å². The van der Waals surface area contributed by atoms with Gasteiger partial charge in [-0.15, -0.1) is 5.10 Å². The zero-order chi connectivity index (χ0) is 18.1. The zero-order valence-electron chi connectivity index (χ0n) is 14.6. The summed E-state index contributed by atoms with van der Waals surface area (Å²) in [7, 11) is 1.80. The number of fused-ring (bicyclic) bond motifs is 1. The molecule has 0 bridgehead atoms. The zero-order valence-corrected chi connectivity index (χ0v) is 14.6. The normalized spacial score (nSPS) is 20.2. The summed E-state index contributed by atoms with van der Waals surface area (Å²) >= 11 is 0. The minimum Gasteiger partial charge on any atom is -0.349 e. The van der Waals surface area contributed by atoms with Crippen molar-refractivity contribution in [2.75, 3.05) is 10.6 Å². The van der Waals surface area contributed by atoms with Gasteiger partial charge in [-0.1, -0.05) is 12.8 Å². The quantitative estimate of drug-likeness (QED) is 0.652. The fourth-order valence-electron chi connectivity index (χ4n) is 3.33. The lowest BCUT2D eigenvalue weighted by Crippen LogP contribution is -2.43. The number of anilines is 2. The van der Waals surface area contributed by atoms with E-state index in [0.29, 0.717) is 17.3 Å². The molecule has 0 aliphatic heterocycles. The van der Waals surface area contributed by atoms with Crippen molar-refractivity contribution in [1.82, 2.24) is 24.4 Å². The molecule has 2 atom stereocenters. The maximum Gasteiger partial charge on any atom is 0.274 e. The van der Waals surface area contributed by atoms with Gasteiger partial charge in [0.1, 0.15) is 5.69 Å². The summed E-state index contributed by atoms with van der Waals surface area (Å²) in [6.07, 6.45) is 9.35. The first-order valence-corrected chi connectivity index (χ1v) is 8.77. The maximum absolute atomic E-state index is 12.6. The molecule has 9 nitrogen and oxygen atoms in total. The summed E-state index contributed by atoms with van der Waals surface area (Å²) in [5.74, 6) is 0.225. The number of rotatable bonds is 4. The number of carbonyl (C=O) groups excluding carboxylic acids is 1. The average Bonchev–Trinajstić information content (AvgIpc) is 3.22. The van der Waals surface area contributed by atoms with E-state index in [0.717, 1.165) is 31.2 Å². The van der Waals surface area contributed by atoms with Crippen molar-refractivity contribution in [3.63, 3.8) is 0 Å². The predicted octanol–water partition coefficient (Wildman–Crippen LogP) is 1.40. The molecular formula is C17H22N8O. The lowest BCUT2D eigenvalue weighted by Gasteiger charge is -2.29. The van der Waals surface area contributed by atoms with E-state index < -0.39 is 0 Å². The number of hydrogen-bond acceptors (Lipinski definition) is 6. The van der Waals surface area contributed by atoms with Gasteiger partial charge in [0.15, 0.2) is 0 Å². The van der Waals surface area contributed by atoms with E-state index >= 15 is 0 Å². The summed E-state index contributed by atoms with van der Waals surface area (Å²) in [5, 5.41) is 14.7. The van der Waals surface area contributed by atoms with Gasteiger partial charge in [0.05, 0.1) is 23.6 Å². The Hall–Kier alpha value is -2.94. The van der Waals surface area contributed by atoms with Crippen LogP contribution in [0.15, 0.2) is 30.7 Å². The van der Waals surface area contributed by atoms with Gasteiger partial charge in [-0.3, -0.25) is 9.48 Å². The molecule has 4 N–H and O–H groups in total. The summed E-state index contributed by atoms with van der Waals surface area (Å²) in [6, 6.07) is 3.80. The van der Waals surface area contributed by atoms with Gasteiger partial charge in [0.2, 0.25) is 5.95 Å². The van der Waals surface area contributed by atoms with Crippen LogP contribution in [0.5, 0.6) is 0 Å². The predicted molar refractivity (Wildman–Crippen MR) is 98.0 cm³/mol. The van der Waals surface area contributed by atoms with Gasteiger partial charge in [0, 0.05) is 25.3 Å². The molecule has 136 valence electrons. The molecule has 0 spiro atoms. The smallest absolute Gasteiger partial charge is 0.274 e. The molecule has 3 aromatic heterocycles. The number of aromatic nitrogens is 5. The Balaban J connectivity index is 1.57. The average molecular weight is 354 g/mol. The first-order valence-electron chi connectivity index (χ1n) is 8.77. The lowest BCUT2D eigenvalue weighted by atomic mass is 9.91. The Morgan fingerprint density at radius 3 is 2.88 bits per heavy atom. The molecular weight excluding hydrogens is 332 g/mol. The SMILES string of the molecule is Cn1cc(NC(=O)c2ccc3cnc(N[C@@H]4CCCC[C@@H]4N)nn23)cn1.